The highest BCUT2D eigenvalue weighted by molar-refractivity contribution is 5.99. The monoisotopic (exact) mass is 612 g/mol. The number of anilines is 1. The first kappa shape index (κ1) is 29.8. The van der Waals surface area contributed by atoms with Crippen LogP contribution in [0.4, 0.5) is 10.1 Å². The number of aliphatic hydroxyl groups is 1. The lowest BCUT2D eigenvalue weighted by Gasteiger charge is -2.23. The molecule has 0 fully saturated rings. The van der Waals surface area contributed by atoms with Crippen molar-refractivity contribution in [1.82, 2.24) is 25.2 Å². The molecule has 4 N–H and O–H groups in total. The molecule has 12 heteroatoms. The summed E-state index contributed by atoms with van der Waals surface area (Å²) in [6.45, 7) is 5.74. The smallest absolute Gasteiger partial charge is 0.270 e. The molecule has 0 saturated heterocycles. The molecule has 0 saturated carbocycles. The second-order valence-corrected chi connectivity index (χ2v) is 11.3. The fourth-order valence-electron chi connectivity index (χ4n) is 5.78. The summed E-state index contributed by atoms with van der Waals surface area (Å²) >= 11 is 0. The summed E-state index contributed by atoms with van der Waals surface area (Å²) in [7, 11) is 0. The third kappa shape index (κ3) is 5.70. The Balaban J connectivity index is 1.21. The number of ether oxygens (including phenoxy) is 1. The molecule has 1 aliphatic heterocycles. The Bertz CT molecular complexity index is 1880. The molecule has 0 radical (unpaired) electrons. The molecule has 0 bridgehead atoms. The SMILES string of the molecule is CCC/C=C(/O)c1ccc2c(c1C)CCC2NC(=O)c1cc(C(=O)NCc2ccc3c(c2)NC(=O)C(C)O3)nc2c(F)cnn12. The zero-order valence-corrected chi connectivity index (χ0v) is 25.1. The number of unbranched alkanes of at least 4 members (excludes halogenated alkanes) is 1. The highest BCUT2D eigenvalue weighted by atomic mass is 19.1. The number of allylic oxidation sites excluding steroid dienone is 1. The first-order valence-corrected chi connectivity index (χ1v) is 14.9. The molecular weight excluding hydrogens is 579 g/mol. The predicted molar refractivity (Wildman–Crippen MR) is 164 cm³/mol. The largest absolute Gasteiger partial charge is 0.508 e. The lowest BCUT2D eigenvalue weighted by Crippen LogP contribution is -2.34. The Kier molecular flexibility index (Phi) is 7.96. The van der Waals surface area contributed by atoms with E-state index in [1.165, 1.54) is 6.07 Å². The van der Waals surface area contributed by atoms with E-state index in [2.05, 4.69) is 26.0 Å². The van der Waals surface area contributed by atoms with Gasteiger partial charge in [-0.1, -0.05) is 31.5 Å². The number of nitrogens with one attached hydrogen (secondary N) is 3. The summed E-state index contributed by atoms with van der Waals surface area (Å²) in [5.41, 5.74) is 4.49. The highest BCUT2D eigenvalue weighted by Gasteiger charge is 2.29. The molecule has 0 spiro atoms. The zero-order chi connectivity index (χ0) is 31.8. The lowest BCUT2D eigenvalue weighted by molar-refractivity contribution is -0.122. The van der Waals surface area contributed by atoms with Gasteiger partial charge in [-0.05, 0) is 73.6 Å². The van der Waals surface area contributed by atoms with Crippen LogP contribution in [0.1, 0.15) is 87.9 Å². The van der Waals surface area contributed by atoms with Gasteiger partial charge in [-0.15, -0.1) is 0 Å². The average Bonchev–Trinajstić information content (AvgIpc) is 3.62. The van der Waals surface area contributed by atoms with Crippen molar-refractivity contribution in [2.24, 2.45) is 0 Å². The number of fused-ring (bicyclic) bond motifs is 3. The van der Waals surface area contributed by atoms with Crippen LogP contribution < -0.4 is 20.7 Å². The Labute approximate surface area is 258 Å². The van der Waals surface area contributed by atoms with Crippen LogP contribution in [0.15, 0.2) is 48.7 Å². The maximum absolute atomic E-state index is 14.6. The van der Waals surface area contributed by atoms with Gasteiger partial charge < -0.3 is 25.8 Å². The van der Waals surface area contributed by atoms with Crippen molar-refractivity contribution in [1.29, 1.82) is 0 Å². The molecule has 11 nitrogen and oxygen atoms in total. The maximum Gasteiger partial charge on any atom is 0.270 e. The fourth-order valence-corrected chi connectivity index (χ4v) is 5.78. The minimum Gasteiger partial charge on any atom is -0.508 e. The second kappa shape index (κ2) is 12.0. The molecule has 1 aliphatic carbocycles. The average molecular weight is 613 g/mol. The van der Waals surface area contributed by atoms with Crippen LogP contribution in [0.2, 0.25) is 0 Å². The first-order chi connectivity index (χ1) is 21.6. The van der Waals surface area contributed by atoms with Crippen LogP contribution in [-0.2, 0) is 17.8 Å². The van der Waals surface area contributed by atoms with E-state index < -0.39 is 23.7 Å². The number of amides is 3. The molecule has 232 valence electrons. The molecule has 2 aromatic heterocycles. The third-order valence-electron chi connectivity index (χ3n) is 8.22. The van der Waals surface area contributed by atoms with Crippen molar-refractivity contribution >= 4 is 34.8 Å². The van der Waals surface area contributed by atoms with Crippen LogP contribution in [0.25, 0.3) is 11.4 Å². The molecular formula is C33H33FN6O5. The van der Waals surface area contributed by atoms with Gasteiger partial charge in [0.2, 0.25) is 0 Å². The van der Waals surface area contributed by atoms with E-state index in [4.69, 9.17) is 4.74 Å². The molecule has 3 amide bonds. The van der Waals surface area contributed by atoms with E-state index in [1.54, 1.807) is 25.1 Å². The number of hydrogen-bond acceptors (Lipinski definition) is 7. The molecule has 2 aromatic carbocycles. The zero-order valence-electron chi connectivity index (χ0n) is 25.1. The number of carbonyl (C=O) groups is 3. The normalized spacial score (nSPS) is 17.3. The van der Waals surface area contributed by atoms with Crippen molar-refractivity contribution in [3.05, 3.63) is 93.7 Å². The number of rotatable bonds is 8. The van der Waals surface area contributed by atoms with E-state index in [9.17, 15) is 23.9 Å². The Morgan fingerprint density at radius 2 is 2.04 bits per heavy atom. The minimum absolute atomic E-state index is 0.0428. The fraction of sp³-hybridized carbons (Fsp3) is 0.303. The van der Waals surface area contributed by atoms with E-state index in [0.717, 1.165) is 45.8 Å². The summed E-state index contributed by atoms with van der Waals surface area (Å²) in [5.74, 6) is -1.43. The quantitative estimate of drug-likeness (QED) is 0.206. The molecule has 2 atom stereocenters. The number of aromatic nitrogens is 3. The van der Waals surface area contributed by atoms with Gasteiger partial charge >= 0.3 is 0 Å². The lowest BCUT2D eigenvalue weighted by atomic mass is 9.96. The molecule has 6 rings (SSSR count). The van der Waals surface area contributed by atoms with E-state index in [0.29, 0.717) is 29.8 Å². The summed E-state index contributed by atoms with van der Waals surface area (Å²) < 4.78 is 21.3. The van der Waals surface area contributed by atoms with Gasteiger partial charge in [-0.3, -0.25) is 14.4 Å². The van der Waals surface area contributed by atoms with Crippen molar-refractivity contribution in [2.75, 3.05) is 5.32 Å². The number of halogens is 1. The van der Waals surface area contributed by atoms with Gasteiger partial charge in [0.15, 0.2) is 17.6 Å². The van der Waals surface area contributed by atoms with Crippen molar-refractivity contribution in [2.45, 2.75) is 65.1 Å². The number of aliphatic hydroxyl groups excluding tert-OH is 1. The standard InChI is InChI=1S/C33H33FN6O5/c1-4-5-6-28(41)21-8-9-22-20(17(21)2)10-11-24(22)38-33(44)27-14-26(37-30-23(34)16-36-40(27)30)32(43)35-15-19-7-12-29-25(13-19)39-31(42)18(3)45-29/h6-9,12-14,16,18,24,41H,4-5,10-11,15H2,1-3H3,(H,35,43)(H,38,44)(H,39,42)/b28-6+. The van der Waals surface area contributed by atoms with Crippen LogP contribution in [0.5, 0.6) is 5.75 Å². The highest BCUT2D eigenvalue weighted by Crippen LogP contribution is 2.36. The van der Waals surface area contributed by atoms with E-state index >= 15 is 0 Å². The molecule has 3 heterocycles. The number of hydrogen-bond donors (Lipinski definition) is 4. The van der Waals surface area contributed by atoms with Gasteiger partial charge in [0.05, 0.1) is 17.9 Å². The van der Waals surface area contributed by atoms with Crippen LogP contribution in [0.3, 0.4) is 0 Å². The molecule has 4 aromatic rings. The number of benzene rings is 2. The predicted octanol–water partition coefficient (Wildman–Crippen LogP) is 4.94. The first-order valence-electron chi connectivity index (χ1n) is 14.9. The molecule has 2 unspecified atom stereocenters. The van der Waals surface area contributed by atoms with Crippen molar-refractivity contribution in [3.8, 4) is 5.75 Å². The van der Waals surface area contributed by atoms with Gasteiger partial charge in [0, 0.05) is 18.2 Å². The van der Waals surface area contributed by atoms with Gasteiger partial charge in [-0.2, -0.15) is 5.10 Å². The second-order valence-electron chi connectivity index (χ2n) is 11.3. The Hall–Kier alpha value is -5.26. The van der Waals surface area contributed by atoms with Gasteiger partial charge in [0.1, 0.15) is 22.9 Å². The van der Waals surface area contributed by atoms with E-state index in [1.807, 2.05) is 32.1 Å². The maximum atomic E-state index is 14.6. The Morgan fingerprint density at radius 1 is 1.22 bits per heavy atom. The number of carbonyl (C=O) groups excluding carboxylic acids is 3. The van der Waals surface area contributed by atoms with Crippen LogP contribution >= 0.6 is 0 Å². The van der Waals surface area contributed by atoms with Crippen LogP contribution in [-0.4, -0.2) is 43.5 Å². The number of nitrogens with zero attached hydrogens (tertiary/aromatic N) is 3. The topological polar surface area (TPSA) is 147 Å². The summed E-state index contributed by atoms with van der Waals surface area (Å²) in [5, 5.41) is 23.1. The summed E-state index contributed by atoms with van der Waals surface area (Å²) in [6, 6.07) is 9.89. The molecule has 2 aliphatic rings. The van der Waals surface area contributed by atoms with E-state index in [-0.39, 0.29) is 41.3 Å². The van der Waals surface area contributed by atoms with Crippen molar-refractivity contribution < 1.29 is 28.6 Å². The van der Waals surface area contributed by atoms with Gasteiger partial charge in [0.25, 0.3) is 17.7 Å². The third-order valence-corrected chi connectivity index (χ3v) is 8.22. The minimum atomic E-state index is -0.774. The van der Waals surface area contributed by atoms with Gasteiger partial charge in [-0.25, -0.2) is 13.9 Å². The summed E-state index contributed by atoms with van der Waals surface area (Å²) in [6.07, 6.45) is 5.22. The molecule has 45 heavy (non-hydrogen) atoms. The summed E-state index contributed by atoms with van der Waals surface area (Å²) in [4.78, 5) is 42.9. The van der Waals surface area contributed by atoms with Crippen LogP contribution in [0, 0.1) is 12.7 Å². The van der Waals surface area contributed by atoms with Crippen molar-refractivity contribution in [3.63, 3.8) is 0 Å². The Morgan fingerprint density at radius 3 is 2.84 bits per heavy atom.